The lowest BCUT2D eigenvalue weighted by atomic mass is 9.97. The predicted molar refractivity (Wildman–Crippen MR) is 60.6 cm³/mol. The molecule has 0 bridgehead atoms. The smallest absolute Gasteiger partial charge is 0.351 e. The van der Waals surface area contributed by atoms with Crippen LogP contribution in [0.1, 0.15) is 13.2 Å². The lowest BCUT2D eigenvalue weighted by molar-refractivity contribution is -0.197. The first-order valence-electron chi connectivity index (χ1n) is 5.45. The van der Waals surface area contributed by atoms with E-state index in [0.29, 0.717) is 4.57 Å². The standard InChI is InChI=1S/C10H14FN3O5/c1-9(4-15)6(16)10(11,18)7(19-9)14-3-2-5(12)13-8(14)17/h2-3,6-7,15-16,18H,4H2,1H3,(H2,12,13,17)/t6-,7-,9-,10-/m1/s1. The van der Waals surface area contributed by atoms with Gasteiger partial charge in [0.15, 0.2) is 0 Å². The number of rotatable bonds is 2. The number of aromatic nitrogens is 2. The number of anilines is 1. The zero-order valence-corrected chi connectivity index (χ0v) is 10.0. The van der Waals surface area contributed by atoms with Crippen molar-refractivity contribution in [3.63, 3.8) is 0 Å². The van der Waals surface area contributed by atoms with E-state index in [1.807, 2.05) is 0 Å². The van der Waals surface area contributed by atoms with Crippen LogP contribution in [-0.2, 0) is 4.74 Å². The zero-order valence-electron chi connectivity index (χ0n) is 10.0. The fourth-order valence-electron chi connectivity index (χ4n) is 1.95. The molecule has 0 spiro atoms. The third-order valence-electron chi connectivity index (χ3n) is 3.11. The van der Waals surface area contributed by atoms with E-state index in [9.17, 15) is 19.4 Å². The Bertz CT molecular complexity index is 548. The molecule has 5 N–H and O–H groups in total. The SMILES string of the molecule is C[C@]1(CO)O[C@@H](n2ccc(N)nc2=O)[C@@](O)(F)[C@@H]1O. The molecule has 19 heavy (non-hydrogen) atoms. The normalized spacial score (nSPS) is 38.6. The maximum atomic E-state index is 14.2. The summed E-state index contributed by atoms with van der Waals surface area (Å²) in [6, 6.07) is 1.21. The molecule has 0 radical (unpaired) electrons. The molecular weight excluding hydrogens is 261 g/mol. The van der Waals surface area contributed by atoms with Gasteiger partial charge >= 0.3 is 5.69 Å². The second-order valence-electron chi connectivity index (χ2n) is 4.61. The number of ether oxygens (including phenoxy) is 1. The highest BCUT2D eigenvalue weighted by atomic mass is 19.2. The average molecular weight is 275 g/mol. The Morgan fingerprint density at radius 3 is 2.79 bits per heavy atom. The van der Waals surface area contributed by atoms with Crippen molar-refractivity contribution in [2.24, 2.45) is 0 Å². The Kier molecular flexibility index (Phi) is 3.09. The minimum atomic E-state index is -3.25. The highest BCUT2D eigenvalue weighted by Gasteiger charge is 2.63. The fourth-order valence-corrected chi connectivity index (χ4v) is 1.95. The molecule has 0 aromatic carbocycles. The molecule has 9 heteroatoms. The van der Waals surface area contributed by atoms with Crippen LogP contribution in [-0.4, -0.2) is 49.0 Å². The van der Waals surface area contributed by atoms with Crippen LogP contribution in [0.15, 0.2) is 17.1 Å². The first-order valence-corrected chi connectivity index (χ1v) is 5.45. The van der Waals surface area contributed by atoms with Gasteiger partial charge in [0.2, 0.25) is 6.23 Å². The Hall–Kier alpha value is -1.55. The van der Waals surface area contributed by atoms with Crippen LogP contribution in [0.2, 0.25) is 0 Å². The number of hydrogen-bond donors (Lipinski definition) is 4. The van der Waals surface area contributed by atoms with Gasteiger partial charge in [-0.2, -0.15) is 4.98 Å². The average Bonchev–Trinajstić information content (AvgIpc) is 2.51. The maximum absolute atomic E-state index is 14.2. The van der Waals surface area contributed by atoms with Crippen molar-refractivity contribution in [2.45, 2.75) is 30.7 Å². The summed E-state index contributed by atoms with van der Waals surface area (Å²) < 4.78 is 19.9. The third-order valence-corrected chi connectivity index (χ3v) is 3.11. The van der Waals surface area contributed by atoms with Crippen LogP contribution in [0.25, 0.3) is 0 Å². The molecule has 2 heterocycles. The molecule has 1 aromatic rings. The van der Waals surface area contributed by atoms with Crippen molar-refractivity contribution < 1.29 is 24.4 Å². The van der Waals surface area contributed by atoms with Gasteiger partial charge in [0.05, 0.1) is 6.61 Å². The second kappa shape index (κ2) is 4.23. The summed E-state index contributed by atoms with van der Waals surface area (Å²) in [5.41, 5.74) is 2.60. The van der Waals surface area contributed by atoms with Gasteiger partial charge < -0.3 is 25.8 Å². The molecule has 1 fully saturated rings. The molecule has 2 rings (SSSR count). The number of aliphatic hydroxyl groups excluding tert-OH is 2. The van der Waals surface area contributed by atoms with Crippen molar-refractivity contribution in [3.8, 4) is 0 Å². The van der Waals surface area contributed by atoms with Crippen LogP contribution in [0.5, 0.6) is 0 Å². The van der Waals surface area contributed by atoms with E-state index in [-0.39, 0.29) is 5.82 Å². The number of nitrogens with two attached hydrogens (primary N) is 1. The van der Waals surface area contributed by atoms with E-state index in [1.165, 1.54) is 13.0 Å². The monoisotopic (exact) mass is 275 g/mol. The zero-order chi connectivity index (χ0) is 14.4. The Morgan fingerprint density at radius 2 is 2.32 bits per heavy atom. The third kappa shape index (κ3) is 2.00. The van der Waals surface area contributed by atoms with Crippen molar-refractivity contribution >= 4 is 5.82 Å². The van der Waals surface area contributed by atoms with E-state index in [0.717, 1.165) is 6.20 Å². The Morgan fingerprint density at radius 1 is 1.68 bits per heavy atom. The van der Waals surface area contributed by atoms with Gasteiger partial charge in [-0.05, 0) is 13.0 Å². The summed E-state index contributed by atoms with van der Waals surface area (Å²) in [6.45, 7) is 0.464. The summed E-state index contributed by atoms with van der Waals surface area (Å²) in [5.74, 6) is -3.33. The van der Waals surface area contributed by atoms with Crippen LogP contribution in [0, 0.1) is 0 Å². The van der Waals surface area contributed by atoms with Crippen molar-refractivity contribution in [1.29, 1.82) is 0 Å². The van der Waals surface area contributed by atoms with Crippen LogP contribution < -0.4 is 11.4 Å². The first kappa shape index (κ1) is 13.9. The topological polar surface area (TPSA) is 131 Å². The Labute approximate surface area is 106 Å². The number of alkyl halides is 1. The van der Waals surface area contributed by atoms with Crippen molar-refractivity contribution in [1.82, 2.24) is 9.55 Å². The molecule has 1 saturated heterocycles. The molecule has 0 aliphatic carbocycles. The van der Waals surface area contributed by atoms with Crippen LogP contribution in [0.3, 0.4) is 0 Å². The number of aliphatic hydroxyl groups is 3. The predicted octanol–water partition coefficient (Wildman–Crippen LogP) is -1.88. The largest absolute Gasteiger partial charge is 0.393 e. The van der Waals surface area contributed by atoms with Gasteiger partial charge in [-0.3, -0.25) is 4.57 Å². The van der Waals surface area contributed by atoms with Crippen LogP contribution >= 0.6 is 0 Å². The fraction of sp³-hybridized carbons (Fsp3) is 0.600. The van der Waals surface area contributed by atoms with Crippen LogP contribution in [0.4, 0.5) is 10.2 Å². The van der Waals surface area contributed by atoms with Crippen molar-refractivity contribution in [3.05, 3.63) is 22.7 Å². The lowest BCUT2D eigenvalue weighted by Crippen LogP contribution is -2.49. The van der Waals surface area contributed by atoms with Gasteiger partial charge in [0.25, 0.3) is 5.85 Å². The summed E-state index contributed by atoms with van der Waals surface area (Å²) in [6.07, 6.45) is -2.78. The maximum Gasteiger partial charge on any atom is 0.351 e. The van der Waals surface area contributed by atoms with E-state index >= 15 is 0 Å². The molecule has 106 valence electrons. The Balaban J connectivity index is 2.48. The van der Waals surface area contributed by atoms with Gasteiger partial charge in [-0.25, -0.2) is 9.18 Å². The van der Waals surface area contributed by atoms with Gasteiger partial charge in [0.1, 0.15) is 17.5 Å². The molecule has 0 saturated carbocycles. The second-order valence-corrected chi connectivity index (χ2v) is 4.61. The number of nitrogen functional groups attached to an aromatic ring is 1. The van der Waals surface area contributed by atoms with Crippen molar-refractivity contribution in [2.75, 3.05) is 12.3 Å². The highest BCUT2D eigenvalue weighted by molar-refractivity contribution is 5.23. The van der Waals surface area contributed by atoms with E-state index in [2.05, 4.69) is 4.98 Å². The summed E-state index contributed by atoms with van der Waals surface area (Å²) in [4.78, 5) is 15.0. The van der Waals surface area contributed by atoms with Gasteiger partial charge in [-0.15, -0.1) is 0 Å². The molecule has 4 atom stereocenters. The van der Waals surface area contributed by atoms with E-state index in [1.54, 1.807) is 0 Å². The highest BCUT2D eigenvalue weighted by Crippen LogP contribution is 2.44. The first-order chi connectivity index (χ1) is 8.72. The minimum absolute atomic E-state index is 0.0767. The summed E-state index contributed by atoms with van der Waals surface area (Å²) in [7, 11) is 0. The molecule has 1 aliphatic heterocycles. The van der Waals surface area contributed by atoms with E-state index in [4.69, 9.17) is 15.6 Å². The molecule has 1 aromatic heterocycles. The molecule has 8 nitrogen and oxygen atoms in total. The summed E-state index contributed by atoms with van der Waals surface area (Å²) in [5, 5.41) is 28.5. The summed E-state index contributed by atoms with van der Waals surface area (Å²) >= 11 is 0. The molecule has 0 unspecified atom stereocenters. The quantitative estimate of drug-likeness (QED) is 0.497. The van der Waals surface area contributed by atoms with Gasteiger partial charge in [-0.1, -0.05) is 0 Å². The minimum Gasteiger partial charge on any atom is -0.393 e. The number of nitrogens with zero attached hydrogens (tertiary/aromatic N) is 2. The molecular formula is C10H14FN3O5. The molecule has 1 aliphatic rings. The molecule has 0 amide bonds. The number of halogens is 1. The lowest BCUT2D eigenvalue weighted by Gasteiger charge is -2.25. The van der Waals surface area contributed by atoms with E-state index < -0.39 is 36.1 Å². The number of hydrogen-bond acceptors (Lipinski definition) is 7. The van der Waals surface area contributed by atoms with Gasteiger partial charge in [0, 0.05) is 6.20 Å².